The van der Waals surface area contributed by atoms with Crippen molar-refractivity contribution in [2.24, 2.45) is 5.73 Å². The molecule has 1 aromatic rings. The molecule has 1 amide bonds. The van der Waals surface area contributed by atoms with Crippen molar-refractivity contribution in [3.63, 3.8) is 0 Å². The Kier molecular flexibility index (Phi) is 5.66. The zero-order chi connectivity index (χ0) is 15.1. The van der Waals surface area contributed by atoms with Gasteiger partial charge in [0.15, 0.2) is 0 Å². The largest absolute Gasteiger partial charge is 0.481 e. The number of amides is 1. The van der Waals surface area contributed by atoms with Gasteiger partial charge < -0.3 is 26.2 Å². The molecule has 0 aromatic carbocycles. The lowest BCUT2D eigenvalue weighted by molar-refractivity contribution is -0.142. The van der Waals surface area contributed by atoms with Crippen LogP contribution in [0.3, 0.4) is 0 Å². The van der Waals surface area contributed by atoms with Crippen molar-refractivity contribution < 1.29 is 24.6 Å². The predicted octanol–water partition coefficient (Wildman–Crippen LogP) is -1.29. The first-order valence-electron chi connectivity index (χ1n) is 5.88. The van der Waals surface area contributed by atoms with Crippen LogP contribution >= 0.6 is 0 Å². The summed E-state index contributed by atoms with van der Waals surface area (Å²) in [5.41, 5.74) is 6.05. The first kappa shape index (κ1) is 15.6. The van der Waals surface area contributed by atoms with E-state index in [-0.39, 0.29) is 19.3 Å². The van der Waals surface area contributed by atoms with E-state index in [1.54, 1.807) is 0 Å². The normalized spacial score (nSPS) is 13.4. The molecule has 110 valence electrons. The average Bonchev–Trinajstić information content (AvgIpc) is 2.87. The fraction of sp³-hybridized carbons (Fsp3) is 0.455. The second-order valence-electron chi connectivity index (χ2n) is 4.22. The number of aromatic nitrogens is 2. The summed E-state index contributed by atoms with van der Waals surface area (Å²) in [4.78, 5) is 39.6. The molecular weight excluding hydrogens is 268 g/mol. The quantitative estimate of drug-likeness (QED) is 0.397. The molecule has 1 unspecified atom stereocenters. The molecule has 9 nitrogen and oxygen atoms in total. The number of carboxylic acids is 2. The lowest BCUT2D eigenvalue weighted by atomic mass is 10.1. The van der Waals surface area contributed by atoms with E-state index in [9.17, 15) is 14.4 Å². The molecule has 20 heavy (non-hydrogen) atoms. The van der Waals surface area contributed by atoms with Gasteiger partial charge >= 0.3 is 11.9 Å². The topological polar surface area (TPSA) is 158 Å². The molecular formula is C11H16N4O5. The molecule has 9 heteroatoms. The molecule has 0 aliphatic carbocycles. The molecule has 0 spiro atoms. The Labute approximate surface area is 114 Å². The molecule has 2 atom stereocenters. The summed E-state index contributed by atoms with van der Waals surface area (Å²) in [6.45, 7) is 0. The number of carbonyl (C=O) groups is 3. The number of nitrogens with two attached hydrogens (primary N) is 1. The molecule has 1 rings (SSSR count). The molecule has 0 bridgehead atoms. The second-order valence-corrected chi connectivity index (χ2v) is 4.22. The summed E-state index contributed by atoms with van der Waals surface area (Å²) in [6, 6.07) is -2.21. The van der Waals surface area contributed by atoms with Crippen LogP contribution in [0, 0.1) is 0 Å². The van der Waals surface area contributed by atoms with E-state index in [0.29, 0.717) is 5.69 Å². The number of hydrogen-bond acceptors (Lipinski definition) is 5. The summed E-state index contributed by atoms with van der Waals surface area (Å²) in [5, 5.41) is 19.8. The molecule has 0 radical (unpaired) electrons. The standard InChI is InChI=1S/C11H16N4O5/c12-7(1-2-9(16)17)10(18)15-8(11(19)20)3-6-4-13-5-14-6/h4-5,7-8H,1-3,12H2,(H,13,14)(H,15,18)(H,16,17)(H,19,20)/t7?,8-/m1/s1. The number of carbonyl (C=O) groups excluding carboxylic acids is 1. The minimum absolute atomic E-state index is 0.0344. The van der Waals surface area contributed by atoms with Gasteiger partial charge in [0, 0.05) is 24.7 Å². The predicted molar refractivity (Wildman–Crippen MR) is 66.7 cm³/mol. The van der Waals surface area contributed by atoms with E-state index in [0.717, 1.165) is 0 Å². The van der Waals surface area contributed by atoms with Crippen LogP contribution in [-0.2, 0) is 20.8 Å². The van der Waals surface area contributed by atoms with E-state index in [1.807, 2.05) is 0 Å². The van der Waals surface area contributed by atoms with Gasteiger partial charge in [-0.3, -0.25) is 9.59 Å². The third-order valence-electron chi connectivity index (χ3n) is 2.60. The Hall–Kier alpha value is -2.42. The van der Waals surface area contributed by atoms with Crippen molar-refractivity contribution in [3.8, 4) is 0 Å². The van der Waals surface area contributed by atoms with Gasteiger partial charge in [-0.15, -0.1) is 0 Å². The van der Waals surface area contributed by atoms with Crippen molar-refractivity contribution in [1.82, 2.24) is 15.3 Å². The third-order valence-corrected chi connectivity index (χ3v) is 2.60. The van der Waals surface area contributed by atoms with Crippen LogP contribution < -0.4 is 11.1 Å². The molecule has 0 aliphatic heterocycles. The minimum Gasteiger partial charge on any atom is -0.481 e. The molecule has 0 fully saturated rings. The number of nitrogens with one attached hydrogen (secondary N) is 2. The summed E-state index contributed by atoms with van der Waals surface area (Å²) >= 11 is 0. The van der Waals surface area contributed by atoms with Crippen LogP contribution in [0.5, 0.6) is 0 Å². The van der Waals surface area contributed by atoms with Crippen LogP contribution in [0.2, 0.25) is 0 Å². The fourth-order valence-corrected chi connectivity index (χ4v) is 1.51. The molecule has 1 aromatic heterocycles. The minimum atomic E-state index is -1.21. The van der Waals surface area contributed by atoms with E-state index in [4.69, 9.17) is 15.9 Å². The fourth-order valence-electron chi connectivity index (χ4n) is 1.51. The lowest BCUT2D eigenvalue weighted by Gasteiger charge is -2.16. The van der Waals surface area contributed by atoms with Gasteiger partial charge in [0.05, 0.1) is 12.4 Å². The van der Waals surface area contributed by atoms with Gasteiger partial charge in [0.2, 0.25) is 5.91 Å². The number of nitrogens with zero attached hydrogens (tertiary/aromatic N) is 1. The zero-order valence-corrected chi connectivity index (χ0v) is 10.6. The number of aliphatic carboxylic acids is 2. The maximum atomic E-state index is 11.7. The first-order valence-corrected chi connectivity index (χ1v) is 5.88. The highest BCUT2D eigenvalue weighted by Crippen LogP contribution is 2.01. The maximum Gasteiger partial charge on any atom is 0.326 e. The second kappa shape index (κ2) is 7.24. The molecule has 0 aliphatic rings. The highest BCUT2D eigenvalue weighted by atomic mass is 16.4. The smallest absolute Gasteiger partial charge is 0.326 e. The molecule has 0 saturated heterocycles. The summed E-state index contributed by atoms with van der Waals surface area (Å²) < 4.78 is 0. The van der Waals surface area contributed by atoms with E-state index in [2.05, 4.69) is 15.3 Å². The average molecular weight is 284 g/mol. The highest BCUT2D eigenvalue weighted by molar-refractivity contribution is 5.87. The third kappa shape index (κ3) is 5.06. The summed E-state index contributed by atoms with van der Waals surface area (Å²) in [5.74, 6) is -2.97. The van der Waals surface area contributed by atoms with Crippen molar-refractivity contribution in [1.29, 1.82) is 0 Å². The summed E-state index contributed by atoms with van der Waals surface area (Å²) in [6.07, 6.45) is 2.57. The van der Waals surface area contributed by atoms with Gasteiger partial charge in [0.25, 0.3) is 0 Å². The Balaban J connectivity index is 2.54. The van der Waals surface area contributed by atoms with Crippen LogP contribution in [0.15, 0.2) is 12.5 Å². The number of aromatic amines is 1. The summed E-state index contributed by atoms with van der Waals surface area (Å²) in [7, 11) is 0. The van der Waals surface area contributed by atoms with Crippen molar-refractivity contribution in [2.45, 2.75) is 31.3 Å². The molecule has 1 heterocycles. The SMILES string of the molecule is NC(CCC(=O)O)C(=O)N[C@H](Cc1cnc[nH]1)C(=O)O. The number of rotatable bonds is 8. The number of H-pyrrole nitrogens is 1. The van der Waals surface area contributed by atoms with Gasteiger partial charge in [0.1, 0.15) is 6.04 Å². The Bertz CT molecular complexity index is 473. The molecule has 0 saturated carbocycles. The van der Waals surface area contributed by atoms with Crippen molar-refractivity contribution in [2.75, 3.05) is 0 Å². The molecule has 6 N–H and O–H groups in total. The maximum absolute atomic E-state index is 11.7. The van der Waals surface area contributed by atoms with Crippen LogP contribution in [0.25, 0.3) is 0 Å². The van der Waals surface area contributed by atoms with E-state index >= 15 is 0 Å². The monoisotopic (exact) mass is 284 g/mol. The van der Waals surface area contributed by atoms with Gasteiger partial charge in [-0.25, -0.2) is 9.78 Å². The Morgan fingerprint density at radius 1 is 1.40 bits per heavy atom. The van der Waals surface area contributed by atoms with Crippen molar-refractivity contribution in [3.05, 3.63) is 18.2 Å². The first-order chi connectivity index (χ1) is 9.40. The lowest BCUT2D eigenvalue weighted by Crippen LogP contribution is -2.49. The van der Waals surface area contributed by atoms with Crippen molar-refractivity contribution >= 4 is 17.8 Å². The number of carboxylic acid groups (broad SMARTS) is 2. The van der Waals surface area contributed by atoms with Crippen LogP contribution in [0.4, 0.5) is 0 Å². The van der Waals surface area contributed by atoms with Gasteiger partial charge in [-0.2, -0.15) is 0 Å². The number of hydrogen-bond donors (Lipinski definition) is 5. The highest BCUT2D eigenvalue weighted by Gasteiger charge is 2.24. The Morgan fingerprint density at radius 2 is 2.10 bits per heavy atom. The van der Waals surface area contributed by atoms with Crippen LogP contribution in [0.1, 0.15) is 18.5 Å². The Morgan fingerprint density at radius 3 is 2.60 bits per heavy atom. The van der Waals surface area contributed by atoms with Gasteiger partial charge in [-0.05, 0) is 6.42 Å². The number of imidazole rings is 1. The van der Waals surface area contributed by atoms with E-state index < -0.39 is 29.9 Å². The van der Waals surface area contributed by atoms with Gasteiger partial charge in [-0.1, -0.05) is 0 Å². The van der Waals surface area contributed by atoms with E-state index in [1.165, 1.54) is 12.5 Å². The zero-order valence-electron chi connectivity index (χ0n) is 10.6. The van der Waals surface area contributed by atoms with Crippen LogP contribution in [-0.4, -0.2) is 50.1 Å².